The molecule has 28 heavy (non-hydrogen) atoms. The van der Waals surface area contributed by atoms with Gasteiger partial charge in [-0.05, 0) is 42.5 Å². The van der Waals surface area contributed by atoms with Gasteiger partial charge in [-0.25, -0.2) is 4.98 Å². The number of imidazole rings is 1. The summed E-state index contributed by atoms with van der Waals surface area (Å²) in [7, 11) is 0. The number of rotatable bonds is 3. The Labute approximate surface area is 162 Å². The quantitative estimate of drug-likeness (QED) is 0.586. The number of aromatic nitrogens is 2. The average Bonchev–Trinajstić information content (AvgIpc) is 3.18. The van der Waals surface area contributed by atoms with Gasteiger partial charge in [-0.2, -0.15) is 0 Å². The molecule has 0 radical (unpaired) electrons. The summed E-state index contributed by atoms with van der Waals surface area (Å²) in [5.41, 5.74) is 4.63. The van der Waals surface area contributed by atoms with E-state index in [9.17, 15) is 4.79 Å². The summed E-state index contributed by atoms with van der Waals surface area (Å²) in [5, 5.41) is 3.14. The van der Waals surface area contributed by atoms with E-state index < -0.39 is 0 Å². The van der Waals surface area contributed by atoms with E-state index in [4.69, 9.17) is 4.74 Å². The fourth-order valence-corrected chi connectivity index (χ4v) is 3.67. The zero-order valence-corrected chi connectivity index (χ0v) is 15.2. The summed E-state index contributed by atoms with van der Waals surface area (Å²) < 4.78 is 7.69. The second-order valence-corrected chi connectivity index (χ2v) is 6.85. The second kappa shape index (κ2) is 6.85. The Morgan fingerprint density at radius 1 is 1.00 bits per heavy atom. The molecule has 0 saturated carbocycles. The number of carbonyl (C=O) groups excluding carboxylic acids is 1. The highest BCUT2D eigenvalue weighted by Crippen LogP contribution is 2.31. The number of para-hydroxylation sites is 3. The van der Waals surface area contributed by atoms with Crippen molar-refractivity contribution < 1.29 is 9.53 Å². The highest BCUT2D eigenvalue weighted by atomic mass is 16.5. The van der Waals surface area contributed by atoms with Crippen molar-refractivity contribution >= 4 is 16.9 Å². The minimum absolute atomic E-state index is 0.0327. The fourth-order valence-electron chi connectivity index (χ4n) is 3.67. The molecular formula is C23H19N3O2. The summed E-state index contributed by atoms with van der Waals surface area (Å²) in [6.07, 6.45) is 2.57. The first-order valence-electron chi connectivity index (χ1n) is 9.35. The molecule has 5 nitrogen and oxygen atoms in total. The van der Waals surface area contributed by atoms with E-state index >= 15 is 0 Å². The van der Waals surface area contributed by atoms with Crippen molar-refractivity contribution in [1.82, 2.24) is 14.9 Å². The number of hydrogen-bond donors (Lipinski definition) is 1. The molecule has 5 heteroatoms. The molecule has 1 atom stereocenters. The van der Waals surface area contributed by atoms with Gasteiger partial charge >= 0.3 is 0 Å². The van der Waals surface area contributed by atoms with Crippen LogP contribution in [0.4, 0.5) is 0 Å². The van der Waals surface area contributed by atoms with Crippen LogP contribution in [0.25, 0.3) is 16.7 Å². The maximum absolute atomic E-state index is 12.8. The molecule has 1 aromatic heterocycles. The van der Waals surface area contributed by atoms with Crippen molar-refractivity contribution in [2.45, 2.75) is 12.5 Å². The standard InChI is InChI=1S/C23H19N3O2/c27-23(25-19-13-14-28-22-8-4-1-5-18(19)22)16-9-11-17(12-10-16)26-15-24-20-6-2-3-7-21(20)26/h1-12,15,19H,13-14H2,(H,25,27). The van der Waals surface area contributed by atoms with Gasteiger partial charge < -0.3 is 10.1 Å². The number of benzene rings is 3. The number of ether oxygens (including phenoxy) is 1. The van der Waals surface area contributed by atoms with Crippen LogP contribution in [-0.4, -0.2) is 22.1 Å². The minimum Gasteiger partial charge on any atom is -0.493 e. The van der Waals surface area contributed by atoms with Crippen LogP contribution in [-0.2, 0) is 0 Å². The monoisotopic (exact) mass is 369 g/mol. The Kier molecular flexibility index (Phi) is 4.05. The molecule has 1 unspecified atom stereocenters. The molecule has 0 fully saturated rings. The molecule has 0 spiro atoms. The van der Waals surface area contributed by atoms with E-state index in [-0.39, 0.29) is 11.9 Å². The van der Waals surface area contributed by atoms with E-state index in [2.05, 4.69) is 10.3 Å². The van der Waals surface area contributed by atoms with Gasteiger partial charge in [0.1, 0.15) is 12.1 Å². The van der Waals surface area contributed by atoms with Crippen LogP contribution in [0.2, 0.25) is 0 Å². The van der Waals surface area contributed by atoms with Gasteiger partial charge in [0.2, 0.25) is 0 Å². The van der Waals surface area contributed by atoms with Crippen molar-refractivity contribution in [1.29, 1.82) is 0 Å². The Hall–Kier alpha value is -3.60. The van der Waals surface area contributed by atoms with E-state index in [1.807, 2.05) is 77.4 Å². The van der Waals surface area contributed by atoms with Gasteiger partial charge in [0.15, 0.2) is 0 Å². The number of hydrogen-bond acceptors (Lipinski definition) is 3. The highest BCUT2D eigenvalue weighted by Gasteiger charge is 2.23. The Morgan fingerprint density at radius 2 is 1.79 bits per heavy atom. The summed E-state index contributed by atoms with van der Waals surface area (Å²) in [6, 6.07) is 23.4. The van der Waals surface area contributed by atoms with Crippen LogP contribution in [0.5, 0.6) is 5.75 Å². The molecule has 1 aliphatic heterocycles. The maximum atomic E-state index is 12.8. The molecular weight excluding hydrogens is 350 g/mol. The smallest absolute Gasteiger partial charge is 0.251 e. The van der Waals surface area contributed by atoms with E-state index in [1.165, 1.54) is 0 Å². The molecule has 0 bridgehead atoms. The number of nitrogens with one attached hydrogen (secondary N) is 1. The summed E-state index contributed by atoms with van der Waals surface area (Å²) in [4.78, 5) is 17.2. The molecule has 3 aromatic carbocycles. The third-order valence-corrected chi connectivity index (χ3v) is 5.13. The first-order chi connectivity index (χ1) is 13.8. The van der Waals surface area contributed by atoms with Gasteiger partial charge in [0, 0.05) is 23.2 Å². The molecule has 0 aliphatic carbocycles. The summed E-state index contributed by atoms with van der Waals surface area (Å²) >= 11 is 0. The average molecular weight is 369 g/mol. The van der Waals surface area contributed by atoms with Gasteiger partial charge in [-0.3, -0.25) is 9.36 Å². The van der Waals surface area contributed by atoms with Crippen molar-refractivity contribution in [3.05, 3.63) is 90.3 Å². The number of nitrogens with zero attached hydrogens (tertiary/aromatic N) is 2. The van der Waals surface area contributed by atoms with E-state index in [0.29, 0.717) is 12.2 Å². The lowest BCUT2D eigenvalue weighted by Gasteiger charge is -2.26. The predicted octanol–water partition coefficient (Wildman–Crippen LogP) is 4.28. The number of fused-ring (bicyclic) bond motifs is 2. The van der Waals surface area contributed by atoms with Crippen LogP contribution in [0.3, 0.4) is 0 Å². The maximum Gasteiger partial charge on any atom is 0.251 e. The Morgan fingerprint density at radius 3 is 2.68 bits per heavy atom. The van der Waals surface area contributed by atoms with Gasteiger partial charge in [-0.1, -0.05) is 30.3 Å². The number of amides is 1. The zero-order valence-electron chi connectivity index (χ0n) is 15.2. The summed E-state index contributed by atoms with van der Waals surface area (Å²) in [6.45, 7) is 0.606. The van der Waals surface area contributed by atoms with Crippen LogP contribution < -0.4 is 10.1 Å². The second-order valence-electron chi connectivity index (χ2n) is 6.85. The Bertz CT molecular complexity index is 1150. The molecule has 138 valence electrons. The molecule has 5 rings (SSSR count). The van der Waals surface area contributed by atoms with Gasteiger partial charge in [0.25, 0.3) is 5.91 Å². The molecule has 2 heterocycles. The SMILES string of the molecule is O=C(NC1CCOc2ccccc21)c1ccc(-n2cnc3ccccc32)cc1. The first kappa shape index (κ1) is 16.6. The van der Waals surface area contributed by atoms with Crippen molar-refractivity contribution in [2.24, 2.45) is 0 Å². The van der Waals surface area contributed by atoms with Gasteiger partial charge in [0.05, 0.1) is 23.7 Å². The van der Waals surface area contributed by atoms with Gasteiger partial charge in [-0.15, -0.1) is 0 Å². The van der Waals surface area contributed by atoms with Crippen molar-refractivity contribution in [3.63, 3.8) is 0 Å². The minimum atomic E-state index is -0.0799. The molecule has 0 saturated heterocycles. The van der Waals surface area contributed by atoms with E-state index in [1.54, 1.807) is 6.33 Å². The van der Waals surface area contributed by atoms with Crippen molar-refractivity contribution in [3.8, 4) is 11.4 Å². The fraction of sp³-hybridized carbons (Fsp3) is 0.130. The highest BCUT2D eigenvalue weighted by molar-refractivity contribution is 5.94. The zero-order chi connectivity index (χ0) is 18.9. The third kappa shape index (κ3) is 2.91. The summed E-state index contributed by atoms with van der Waals surface area (Å²) in [5.74, 6) is 0.769. The normalized spacial score (nSPS) is 15.6. The predicted molar refractivity (Wildman–Crippen MR) is 108 cm³/mol. The first-order valence-corrected chi connectivity index (χ1v) is 9.35. The van der Waals surface area contributed by atoms with Crippen LogP contribution in [0.1, 0.15) is 28.4 Å². The number of carbonyl (C=O) groups is 1. The lowest BCUT2D eigenvalue weighted by Crippen LogP contribution is -2.32. The molecule has 1 aliphatic rings. The van der Waals surface area contributed by atoms with Crippen LogP contribution in [0.15, 0.2) is 79.1 Å². The van der Waals surface area contributed by atoms with Crippen LogP contribution >= 0.6 is 0 Å². The third-order valence-electron chi connectivity index (χ3n) is 5.13. The molecule has 1 N–H and O–H groups in total. The molecule has 1 amide bonds. The Balaban J connectivity index is 1.37. The topological polar surface area (TPSA) is 56.1 Å². The largest absolute Gasteiger partial charge is 0.493 e. The molecule has 4 aromatic rings. The van der Waals surface area contributed by atoms with Crippen LogP contribution in [0, 0.1) is 0 Å². The lowest BCUT2D eigenvalue weighted by atomic mass is 10.00. The van der Waals surface area contributed by atoms with Crippen molar-refractivity contribution in [2.75, 3.05) is 6.61 Å². The lowest BCUT2D eigenvalue weighted by molar-refractivity contribution is 0.0925. The van der Waals surface area contributed by atoms with E-state index in [0.717, 1.165) is 34.5 Å².